The lowest BCUT2D eigenvalue weighted by molar-refractivity contribution is -0.128. The number of ether oxygens (including phenoxy) is 2. The fourth-order valence-electron chi connectivity index (χ4n) is 1.72. The van der Waals surface area contributed by atoms with Crippen LogP contribution < -0.4 is 14.8 Å². The van der Waals surface area contributed by atoms with Crippen LogP contribution >= 0.6 is 0 Å². The summed E-state index contributed by atoms with van der Waals surface area (Å²) in [6.45, 7) is 5.11. The Labute approximate surface area is 140 Å². The quantitative estimate of drug-likeness (QED) is 0.517. The van der Waals surface area contributed by atoms with Gasteiger partial charge in [-0.1, -0.05) is 6.08 Å². The molecule has 0 aliphatic heterocycles. The lowest BCUT2D eigenvalue weighted by atomic mass is 10.2. The molecule has 0 aliphatic rings. The van der Waals surface area contributed by atoms with E-state index in [1.807, 2.05) is 0 Å². The van der Waals surface area contributed by atoms with Crippen molar-refractivity contribution >= 4 is 21.9 Å². The van der Waals surface area contributed by atoms with E-state index < -0.39 is 28.0 Å². The van der Waals surface area contributed by atoms with E-state index in [0.717, 1.165) is 6.07 Å². The Balaban J connectivity index is 3.02. The van der Waals surface area contributed by atoms with Crippen LogP contribution in [0.25, 0.3) is 0 Å². The number of hydrogen-bond acceptors (Lipinski definition) is 6. The van der Waals surface area contributed by atoms with Crippen molar-refractivity contribution in [1.29, 1.82) is 0 Å². The Morgan fingerprint density at radius 3 is 2.58 bits per heavy atom. The van der Waals surface area contributed by atoms with Crippen LogP contribution in [-0.2, 0) is 19.6 Å². The van der Waals surface area contributed by atoms with E-state index in [4.69, 9.17) is 9.47 Å². The summed E-state index contributed by atoms with van der Waals surface area (Å²) in [5.41, 5.74) is -0.0204. The zero-order valence-electron chi connectivity index (χ0n) is 13.7. The number of nitrogens with one attached hydrogen (secondary N) is 2. The van der Waals surface area contributed by atoms with Crippen molar-refractivity contribution in [3.63, 3.8) is 0 Å². The van der Waals surface area contributed by atoms with E-state index >= 15 is 0 Å². The van der Waals surface area contributed by atoms with Gasteiger partial charge in [-0.3, -0.25) is 4.79 Å². The maximum absolute atomic E-state index is 12.1. The van der Waals surface area contributed by atoms with Gasteiger partial charge >= 0.3 is 5.97 Å². The molecule has 0 aromatic heterocycles. The molecule has 0 fully saturated rings. The predicted octanol–water partition coefficient (Wildman–Crippen LogP) is 0.451. The van der Waals surface area contributed by atoms with E-state index in [9.17, 15) is 18.0 Å². The summed E-state index contributed by atoms with van der Waals surface area (Å²) in [6.07, 6.45) is 0.453. The molecule has 0 aliphatic carbocycles. The minimum atomic E-state index is -3.83. The van der Waals surface area contributed by atoms with Crippen molar-refractivity contribution in [3.8, 4) is 5.75 Å². The fraction of sp³-hybridized carbons (Fsp3) is 0.333. The van der Waals surface area contributed by atoms with Gasteiger partial charge in [-0.25, -0.2) is 17.9 Å². The van der Waals surface area contributed by atoms with Crippen LogP contribution in [0, 0.1) is 0 Å². The molecule has 0 saturated heterocycles. The number of hydrogen-bond donors (Lipinski definition) is 2. The number of rotatable bonds is 8. The van der Waals surface area contributed by atoms with Gasteiger partial charge < -0.3 is 14.8 Å². The van der Waals surface area contributed by atoms with Crippen molar-refractivity contribution in [2.75, 3.05) is 20.7 Å². The third-order valence-corrected chi connectivity index (χ3v) is 4.47. The van der Waals surface area contributed by atoms with Gasteiger partial charge in [0.2, 0.25) is 10.0 Å². The molecule has 0 bridgehead atoms. The lowest BCUT2D eigenvalue weighted by Gasteiger charge is -2.14. The van der Waals surface area contributed by atoms with Crippen molar-refractivity contribution in [1.82, 2.24) is 10.0 Å². The molecule has 1 rings (SSSR count). The molecule has 1 aromatic carbocycles. The molecule has 132 valence electrons. The highest BCUT2D eigenvalue weighted by Gasteiger charge is 2.23. The molecule has 24 heavy (non-hydrogen) atoms. The van der Waals surface area contributed by atoms with Crippen LogP contribution in [0.1, 0.15) is 17.3 Å². The maximum atomic E-state index is 12.1. The zero-order chi connectivity index (χ0) is 18.3. The number of benzene rings is 1. The number of sulfonamides is 1. The van der Waals surface area contributed by atoms with E-state index in [2.05, 4.69) is 16.6 Å². The predicted molar refractivity (Wildman–Crippen MR) is 87.3 cm³/mol. The van der Waals surface area contributed by atoms with Crippen molar-refractivity contribution in [2.24, 2.45) is 0 Å². The Morgan fingerprint density at radius 2 is 2.04 bits per heavy atom. The van der Waals surface area contributed by atoms with E-state index in [1.165, 1.54) is 39.3 Å². The highest BCUT2D eigenvalue weighted by Crippen LogP contribution is 2.25. The van der Waals surface area contributed by atoms with Gasteiger partial charge in [-0.2, -0.15) is 0 Å². The van der Waals surface area contributed by atoms with Gasteiger partial charge in [0.1, 0.15) is 10.6 Å². The Kier molecular flexibility index (Phi) is 6.93. The minimum Gasteiger partial charge on any atom is -0.495 e. The maximum Gasteiger partial charge on any atom is 0.338 e. The zero-order valence-corrected chi connectivity index (χ0v) is 14.5. The van der Waals surface area contributed by atoms with E-state index in [0.29, 0.717) is 0 Å². The second kappa shape index (κ2) is 8.46. The second-order valence-corrected chi connectivity index (χ2v) is 6.51. The second-order valence-electron chi connectivity index (χ2n) is 4.65. The first kappa shape index (κ1) is 19.7. The topological polar surface area (TPSA) is 111 Å². The Morgan fingerprint density at radius 1 is 1.38 bits per heavy atom. The molecule has 0 heterocycles. The molecule has 0 unspecified atom stereocenters. The molecular weight excluding hydrogens is 336 g/mol. The lowest BCUT2D eigenvalue weighted by Crippen LogP contribution is -2.35. The molecule has 9 heteroatoms. The van der Waals surface area contributed by atoms with Crippen LogP contribution in [0.15, 0.2) is 35.7 Å². The van der Waals surface area contributed by atoms with Gasteiger partial charge in [0.05, 0.1) is 12.7 Å². The Hall–Kier alpha value is -2.39. The molecular formula is C15H20N2O6S. The van der Waals surface area contributed by atoms with Gasteiger partial charge in [0.15, 0.2) is 6.10 Å². The summed E-state index contributed by atoms with van der Waals surface area (Å²) in [5, 5.41) is 2.49. The molecule has 8 nitrogen and oxygen atoms in total. The smallest absolute Gasteiger partial charge is 0.338 e. The number of methoxy groups -OCH3 is 1. The number of carbonyl (C=O) groups excluding carboxylic acids is 2. The molecule has 1 amide bonds. The normalized spacial score (nSPS) is 12.1. The number of carbonyl (C=O) groups is 2. The minimum absolute atomic E-state index is 0.0204. The summed E-state index contributed by atoms with van der Waals surface area (Å²) >= 11 is 0. The van der Waals surface area contributed by atoms with Crippen LogP contribution in [0.4, 0.5) is 0 Å². The van der Waals surface area contributed by atoms with Gasteiger partial charge in [0, 0.05) is 6.54 Å². The number of amides is 1. The van der Waals surface area contributed by atoms with Crippen molar-refractivity contribution in [2.45, 2.75) is 17.9 Å². The summed E-state index contributed by atoms with van der Waals surface area (Å²) in [6, 6.07) is 3.81. The highest BCUT2D eigenvalue weighted by atomic mass is 32.2. The third-order valence-electron chi connectivity index (χ3n) is 3.03. The third kappa shape index (κ3) is 4.80. The van der Waals surface area contributed by atoms with Crippen molar-refractivity contribution < 1.29 is 27.5 Å². The summed E-state index contributed by atoms with van der Waals surface area (Å²) in [7, 11) is -1.27. The van der Waals surface area contributed by atoms with Gasteiger partial charge in [-0.15, -0.1) is 6.58 Å². The van der Waals surface area contributed by atoms with Crippen LogP contribution in [0.3, 0.4) is 0 Å². The van der Waals surface area contributed by atoms with Crippen molar-refractivity contribution in [3.05, 3.63) is 36.4 Å². The molecule has 2 N–H and O–H groups in total. The molecule has 1 atom stereocenters. The van der Waals surface area contributed by atoms with Gasteiger partial charge in [0.25, 0.3) is 5.91 Å². The standard InChI is InChI=1S/C15H20N2O6S/c1-5-8-17-14(18)10(2)23-15(19)11-6-7-12(22-4)13(9-11)24(20,21)16-3/h5-7,9-10,16H,1,8H2,2-4H3,(H,17,18)/t10-/m0/s1. The molecule has 0 saturated carbocycles. The SMILES string of the molecule is C=CCNC(=O)[C@H](C)OC(=O)c1ccc(OC)c(S(=O)(=O)NC)c1. The fourth-order valence-corrected chi connectivity index (χ4v) is 2.64. The van der Waals surface area contributed by atoms with Gasteiger partial charge in [-0.05, 0) is 32.2 Å². The van der Waals surface area contributed by atoms with Crippen LogP contribution in [0.2, 0.25) is 0 Å². The number of esters is 1. The van der Waals surface area contributed by atoms with Crippen LogP contribution in [-0.4, -0.2) is 47.1 Å². The monoisotopic (exact) mass is 356 g/mol. The van der Waals surface area contributed by atoms with E-state index in [1.54, 1.807) is 0 Å². The first-order chi connectivity index (χ1) is 11.3. The highest BCUT2D eigenvalue weighted by molar-refractivity contribution is 7.89. The molecule has 0 spiro atoms. The summed E-state index contributed by atoms with van der Waals surface area (Å²) in [4.78, 5) is 23.6. The molecule has 0 radical (unpaired) electrons. The first-order valence-corrected chi connectivity index (χ1v) is 8.46. The molecule has 1 aromatic rings. The summed E-state index contributed by atoms with van der Waals surface area (Å²) < 4.78 is 36.1. The summed E-state index contributed by atoms with van der Waals surface area (Å²) in [5.74, 6) is -1.23. The average molecular weight is 356 g/mol. The Bertz CT molecular complexity index is 729. The van der Waals surface area contributed by atoms with E-state index in [-0.39, 0.29) is 22.8 Å². The van der Waals surface area contributed by atoms with Crippen LogP contribution in [0.5, 0.6) is 5.75 Å². The largest absolute Gasteiger partial charge is 0.495 e. The first-order valence-electron chi connectivity index (χ1n) is 6.98. The average Bonchev–Trinajstić information content (AvgIpc) is 2.58.